The van der Waals surface area contributed by atoms with E-state index in [0.717, 1.165) is 16.5 Å². The van der Waals surface area contributed by atoms with Crippen molar-refractivity contribution < 1.29 is 18.6 Å². The maximum absolute atomic E-state index is 15.3. The van der Waals surface area contributed by atoms with Gasteiger partial charge in [0.15, 0.2) is 5.82 Å². The van der Waals surface area contributed by atoms with Gasteiger partial charge < -0.3 is 20.6 Å². The van der Waals surface area contributed by atoms with Gasteiger partial charge in [-0.2, -0.15) is 0 Å². The third kappa shape index (κ3) is 5.84. The highest BCUT2D eigenvalue weighted by Crippen LogP contribution is 2.31. The molecular formula is C28H29F2N5O2. The average Bonchev–Trinajstić information content (AvgIpc) is 2.87. The van der Waals surface area contributed by atoms with E-state index in [1.54, 1.807) is 25.6 Å². The Morgan fingerprint density at radius 2 is 1.86 bits per heavy atom. The average molecular weight is 506 g/mol. The number of benzene rings is 2. The molecule has 4 rings (SSSR count). The van der Waals surface area contributed by atoms with Crippen LogP contribution in [0.4, 0.5) is 8.78 Å². The molecular weight excluding hydrogens is 476 g/mol. The van der Waals surface area contributed by atoms with Crippen molar-refractivity contribution in [3.05, 3.63) is 95.4 Å². The van der Waals surface area contributed by atoms with Crippen LogP contribution in [0.1, 0.15) is 30.7 Å². The van der Waals surface area contributed by atoms with Gasteiger partial charge in [-0.3, -0.25) is 4.98 Å². The summed E-state index contributed by atoms with van der Waals surface area (Å²) in [6.07, 6.45) is 3.63. The SMILES string of the molecule is COc1cc(/C(N)=C/N(N)CCc2cc(C(C)(C)O)c(F)c(-c3ccc(F)cc3)n2)cc2cccnc12. The van der Waals surface area contributed by atoms with Crippen molar-refractivity contribution in [3.8, 4) is 17.0 Å². The second-order valence-corrected chi connectivity index (χ2v) is 9.22. The van der Waals surface area contributed by atoms with E-state index in [-0.39, 0.29) is 11.3 Å². The Balaban J connectivity index is 1.59. The molecule has 2 aromatic carbocycles. The monoisotopic (exact) mass is 505 g/mol. The van der Waals surface area contributed by atoms with E-state index in [1.807, 2.05) is 18.2 Å². The number of hydrogen-bond donors (Lipinski definition) is 3. The first kappa shape index (κ1) is 26.0. The molecule has 0 aliphatic heterocycles. The first-order chi connectivity index (χ1) is 17.6. The van der Waals surface area contributed by atoms with Gasteiger partial charge in [-0.05, 0) is 62.4 Å². The molecule has 9 heteroatoms. The van der Waals surface area contributed by atoms with Crippen LogP contribution < -0.4 is 16.3 Å². The van der Waals surface area contributed by atoms with Crippen molar-refractivity contribution in [2.45, 2.75) is 25.9 Å². The second-order valence-electron chi connectivity index (χ2n) is 9.22. The summed E-state index contributed by atoms with van der Waals surface area (Å²) in [7, 11) is 1.57. The van der Waals surface area contributed by atoms with Crippen LogP contribution in [0, 0.1) is 11.6 Å². The summed E-state index contributed by atoms with van der Waals surface area (Å²) in [4.78, 5) is 8.80. The molecule has 7 nitrogen and oxygen atoms in total. The van der Waals surface area contributed by atoms with Crippen molar-refractivity contribution in [1.29, 1.82) is 0 Å². The maximum atomic E-state index is 15.3. The number of aromatic nitrogens is 2. The van der Waals surface area contributed by atoms with E-state index in [9.17, 15) is 9.50 Å². The van der Waals surface area contributed by atoms with Crippen LogP contribution in [0.15, 0.2) is 67.0 Å². The summed E-state index contributed by atoms with van der Waals surface area (Å²) >= 11 is 0. The zero-order chi connectivity index (χ0) is 26.7. The number of pyridine rings is 2. The zero-order valence-corrected chi connectivity index (χ0v) is 20.9. The van der Waals surface area contributed by atoms with Crippen molar-refractivity contribution >= 4 is 16.6 Å². The van der Waals surface area contributed by atoms with Gasteiger partial charge in [0.05, 0.1) is 18.4 Å². The highest BCUT2D eigenvalue weighted by molar-refractivity contribution is 5.88. The van der Waals surface area contributed by atoms with Crippen molar-refractivity contribution in [2.24, 2.45) is 11.6 Å². The third-order valence-electron chi connectivity index (χ3n) is 5.94. The van der Waals surface area contributed by atoms with E-state index in [1.165, 1.54) is 49.2 Å². The minimum Gasteiger partial charge on any atom is -0.494 e. The molecule has 0 atom stereocenters. The molecule has 0 aliphatic carbocycles. The Hall–Kier alpha value is -4.08. The first-order valence-corrected chi connectivity index (χ1v) is 11.7. The molecule has 0 amide bonds. The lowest BCUT2D eigenvalue weighted by atomic mass is 9.94. The zero-order valence-electron chi connectivity index (χ0n) is 20.9. The largest absolute Gasteiger partial charge is 0.494 e. The van der Waals surface area contributed by atoms with E-state index in [2.05, 4.69) is 9.97 Å². The van der Waals surface area contributed by atoms with Crippen molar-refractivity contribution in [1.82, 2.24) is 15.0 Å². The van der Waals surface area contributed by atoms with Gasteiger partial charge >= 0.3 is 0 Å². The van der Waals surface area contributed by atoms with Crippen molar-refractivity contribution in [3.63, 3.8) is 0 Å². The maximum Gasteiger partial charge on any atom is 0.155 e. The molecule has 0 unspecified atom stereocenters. The number of hydrogen-bond acceptors (Lipinski definition) is 7. The highest BCUT2D eigenvalue weighted by Gasteiger charge is 2.25. The predicted octanol–water partition coefficient (Wildman–Crippen LogP) is 4.49. The van der Waals surface area contributed by atoms with Crippen LogP contribution in [0.25, 0.3) is 27.9 Å². The second kappa shape index (κ2) is 10.5. The fourth-order valence-corrected chi connectivity index (χ4v) is 4.00. The van der Waals surface area contributed by atoms with Gasteiger partial charge in [-0.15, -0.1) is 0 Å². The van der Waals surface area contributed by atoms with E-state index in [0.29, 0.717) is 35.7 Å². The standard InChI is InChI=1S/C28H29F2N5O2/c1-28(2,36)22-15-21(34-27(25(22)30)17-6-8-20(29)9-7-17)10-12-35(32)16-23(31)19-13-18-5-4-11-33-26(18)24(14-19)37-3/h4-9,11,13-16,36H,10,12,31-32H2,1-3H3/b23-16-. The summed E-state index contributed by atoms with van der Waals surface area (Å²) in [5, 5.41) is 12.8. The Labute approximate surface area is 214 Å². The van der Waals surface area contributed by atoms with Gasteiger partial charge in [0.25, 0.3) is 0 Å². The lowest BCUT2D eigenvalue weighted by Crippen LogP contribution is -2.29. The smallest absolute Gasteiger partial charge is 0.155 e. The van der Waals surface area contributed by atoms with Crippen molar-refractivity contribution in [2.75, 3.05) is 13.7 Å². The van der Waals surface area contributed by atoms with Gasteiger partial charge in [-0.1, -0.05) is 6.07 Å². The number of aliphatic hydroxyl groups is 1. The number of methoxy groups -OCH3 is 1. The molecule has 0 saturated carbocycles. The lowest BCUT2D eigenvalue weighted by Gasteiger charge is -2.22. The summed E-state index contributed by atoms with van der Waals surface area (Å²) in [5.41, 5.74) is 7.78. The third-order valence-corrected chi connectivity index (χ3v) is 5.94. The van der Waals surface area contributed by atoms with E-state index in [4.69, 9.17) is 16.3 Å². The molecule has 0 radical (unpaired) electrons. The molecule has 0 spiro atoms. The molecule has 0 bridgehead atoms. The number of rotatable bonds is 8. The number of nitrogens with zero attached hydrogens (tertiary/aromatic N) is 3. The topological polar surface area (TPSA) is 111 Å². The highest BCUT2D eigenvalue weighted by atomic mass is 19.1. The van der Waals surface area contributed by atoms with Crippen LogP contribution >= 0.6 is 0 Å². The predicted molar refractivity (Wildman–Crippen MR) is 140 cm³/mol. The van der Waals surface area contributed by atoms with Crippen LogP contribution in [-0.2, 0) is 12.0 Å². The lowest BCUT2D eigenvalue weighted by molar-refractivity contribution is 0.0744. The van der Waals surface area contributed by atoms with Gasteiger partial charge in [0.1, 0.15) is 22.8 Å². The summed E-state index contributed by atoms with van der Waals surface area (Å²) in [5.74, 6) is 5.70. The molecule has 4 aromatic rings. The molecule has 0 aliphatic rings. The van der Waals surface area contributed by atoms with Gasteiger partial charge in [0, 0.05) is 53.1 Å². The number of hydrazine groups is 1. The normalized spacial score (nSPS) is 12.1. The quantitative estimate of drug-likeness (QED) is 0.239. The number of halogens is 2. The molecule has 0 saturated heterocycles. The summed E-state index contributed by atoms with van der Waals surface area (Å²) in [6, 6.07) is 14.3. The van der Waals surface area contributed by atoms with E-state index < -0.39 is 17.2 Å². The molecule has 0 fully saturated rings. The minimum atomic E-state index is -1.45. The Morgan fingerprint density at radius 3 is 2.54 bits per heavy atom. The van der Waals surface area contributed by atoms with Gasteiger partial charge in [-0.25, -0.2) is 19.6 Å². The number of ether oxygens (including phenoxy) is 1. The Kier molecular flexibility index (Phi) is 7.37. The molecule has 5 N–H and O–H groups in total. The molecule has 192 valence electrons. The fraction of sp³-hybridized carbons (Fsp3) is 0.214. The summed E-state index contributed by atoms with van der Waals surface area (Å²) in [6.45, 7) is 3.30. The Morgan fingerprint density at radius 1 is 1.14 bits per heavy atom. The van der Waals surface area contributed by atoms with Crippen LogP contribution in [-0.4, -0.2) is 33.7 Å². The number of fused-ring (bicyclic) bond motifs is 1. The molecule has 2 aromatic heterocycles. The molecule has 37 heavy (non-hydrogen) atoms. The van der Waals surface area contributed by atoms with Gasteiger partial charge in [0.2, 0.25) is 0 Å². The van der Waals surface area contributed by atoms with Crippen LogP contribution in [0.2, 0.25) is 0 Å². The number of nitrogens with two attached hydrogens (primary N) is 2. The summed E-state index contributed by atoms with van der Waals surface area (Å²) < 4.78 is 34.1. The Bertz CT molecular complexity index is 1450. The van der Waals surface area contributed by atoms with Crippen LogP contribution in [0.3, 0.4) is 0 Å². The van der Waals surface area contributed by atoms with Crippen LogP contribution in [0.5, 0.6) is 5.75 Å². The minimum absolute atomic E-state index is 0.0325. The fourth-order valence-electron chi connectivity index (χ4n) is 4.00. The molecule has 2 heterocycles. The van der Waals surface area contributed by atoms with E-state index >= 15 is 4.39 Å². The first-order valence-electron chi connectivity index (χ1n) is 11.7.